The highest BCUT2D eigenvalue weighted by Gasteiger charge is 2.40. The van der Waals surface area contributed by atoms with Gasteiger partial charge in [0.05, 0.1) is 29.7 Å². The fourth-order valence-electron chi connectivity index (χ4n) is 5.56. The second-order valence-corrected chi connectivity index (χ2v) is 11.4. The van der Waals surface area contributed by atoms with E-state index in [4.69, 9.17) is 4.74 Å². The summed E-state index contributed by atoms with van der Waals surface area (Å²) in [5.74, 6) is -3.98. The van der Waals surface area contributed by atoms with Crippen LogP contribution >= 0.6 is 0 Å². The van der Waals surface area contributed by atoms with Gasteiger partial charge in [0, 0.05) is 41.7 Å². The van der Waals surface area contributed by atoms with E-state index in [1.807, 2.05) is 56.3 Å². The molecule has 2 aromatic rings. The third-order valence-electron chi connectivity index (χ3n) is 8.40. The number of hydrogen-bond donors (Lipinski definition) is 3. The molecular formula is C31H43NO6. The number of Topliss-reactive ketones (excluding diaryl/α,β-unsaturated/α-hetero) is 1. The lowest BCUT2D eigenvalue weighted by atomic mass is 9.77. The van der Waals surface area contributed by atoms with Gasteiger partial charge in [-0.15, -0.1) is 0 Å². The van der Waals surface area contributed by atoms with Crippen molar-refractivity contribution in [2.24, 2.45) is 35.5 Å². The minimum atomic E-state index is -1.12. The number of hydrogen-bond acceptors (Lipinski definition) is 7. The van der Waals surface area contributed by atoms with E-state index in [0.717, 1.165) is 16.5 Å². The molecule has 0 saturated carbocycles. The van der Waals surface area contributed by atoms with Crippen molar-refractivity contribution in [2.75, 3.05) is 0 Å². The van der Waals surface area contributed by atoms with Crippen molar-refractivity contribution in [3.05, 3.63) is 48.2 Å². The van der Waals surface area contributed by atoms with Crippen LogP contribution in [0.5, 0.6) is 0 Å². The van der Waals surface area contributed by atoms with Crippen LogP contribution in [0.1, 0.15) is 59.9 Å². The molecule has 0 unspecified atom stereocenters. The molecule has 0 amide bonds. The molecule has 0 bridgehead atoms. The Morgan fingerprint density at radius 1 is 0.921 bits per heavy atom. The van der Waals surface area contributed by atoms with Gasteiger partial charge in [-0.05, 0) is 37.0 Å². The van der Waals surface area contributed by atoms with Crippen LogP contribution in [0.2, 0.25) is 0 Å². The largest absolute Gasteiger partial charge is 0.461 e. The SMILES string of the molecule is C[C@@H]1[C@@H](O)[C@@H](C)C[C@@H](C)C(=O)[C@H](C)[C@@H](O)[C@@H](C)[C@@H](C/C=C/c2cnc3ccccc3c2)OC(=O)[C@H](C)[C@H]1O. The fourth-order valence-corrected chi connectivity index (χ4v) is 5.56. The average molecular weight is 526 g/mol. The lowest BCUT2D eigenvalue weighted by molar-refractivity contribution is -0.165. The van der Waals surface area contributed by atoms with Gasteiger partial charge in [0.15, 0.2) is 0 Å². The van der Waals surface area contributed by atoms with E-state index in [1.165, 1.54) is 0 Å². The molecule has 1 aliphatic heterocycles. The van der Waals surface area contributed by atoms with Crippen LogP contribution in [0, 0.1) is 35.5 Å². The van der Waals surface area contributed by atoms with Crippen LogP contribution < -0.4 is 0 Å². The number of esters is 1. The number of ether oxygens (including phenoxy) is 1. The van der Waals surface area contributed by atoms with Crippen LogP contribution in [-0.2, 0) is 14.3 Å². The fraction of sp³-hybridized carbons (Fsp3) is 0.581. The molecule has 0 spiro atoms. The molecule has 1 aromatic heterocycles. The van der Waals surface area contributed by atoms with Gasteiger partial charge in [-0.25, -0.2) is 0 Å². The summed E-state index contributed by atoms with van der Waals surface area (Å²) in [5.41, 5.74) is 1.79. The topological polar surface area (TPSA) is 117 Å². The van der Waals surface area contributed by atoms with Crippen molar-refractivity contribution in [1.29, 1.82) is 0 Å². The molecular weight excluding hydrogens is 482 g/mol. The summed E-state index contributed by atoms with van der Waals surface area (Å²) in [6.07, 6.45) is 2.51. The number of carbonyl (C=O) groups excluding carboxylic acids is 2. The number of fused-ring (bicyclic) bond motifs is 1. The molecule has 0 aliphatic carbocycles. The first-order chi connectivity index (χ1) is 17.9. The van der Waals surface area contributed by atoms with Gasteiger partial charge in [0.1, 0.15) is 11.9 Å². The summed E-state index contributed by atoms with van der Waals surface area (Å²) in [4.78, 5) is 30.8. The quantitative estimate of drug-likeness (QED) is 0.508. The number of nitrogens with zero attached hydrogens (tertiary/aromatic N) is 1. The summed E-state index contributed by atoms with van der Waals surface area (Å²) in [7, 11) is 0. The van der Waals surface area contributed by atoms with Crippen LogP contribution in [0.15, 0.2) is 42.6 Å². The van der Waals surface area contributed by atoms with Gasteiger partial charge in [-0.1, -0.05) is 65.0 Å². The molecule has 1 aromatic carbocycles. The highest BCUT2D eigenvalue weighted by atomic mass is 16.5. The minimum absolute atomic E-state index is 0.0927. The Kier molecular flexibility index (Phi) is 10.2. The smallest absolute Gasteiger partial charge is 0.311 e. The number of cyclic esters (lactones) is 1. The highest BCUT2D eigenvalue weighted by Crippen LogP contribution is 2.31. The van der Waals surface area contributed by atoms with Gasteiger partial charge in [-0.3, -0.25) is 14.6 Å². The van der Waals surface area contributed by atoms with Crippen LogP contribution in [-0.4, -0.2) is 56.5 Å². The van der Waals surface area contributed by atoms with E-state index in [0.29, 0.717) is 12.8 Å². The maximum atomic E-state index is 13.2. The molecule has 10 atom stereocenters. The molecule has 1 saturated heterocycles. The lowest BCUT2D eigenvalue weighted by Crippen LogP contribution is -2.45. The summed E-state index contributed by atoms with van der Waals surface area (Å²) >= 11 is 0. The lowest BCUT2D eigenvalue weighted by Gasteiger charge is -2.36. The second-order valence-electron chi connectivity index (χ2n) is 11.4. The summed E-state index contributed by atoms with van der Waals surface area (Å²) in [6, 6.07) is 9.84. The molecule has 3 rings (SSSR count). The van der Waals surface area contributed by atoms with E-state index >= 15 is 0 Å². The van der Waals surface area contributed by atoms with Crippen molar-refractivity contribution in [3.8, 4) is 0 Å². The number of aromatic nitrogens is 1. The van der Waals surface area contributed by atoms with Crippen LogP contribution in [0.3, 0.4) is 0 Å². The van der Waals surface area contributed by atoms with E-state index in [9.17, 15) is 24.9 Å². The van der Waals surface area contributed by atoms with E-state index in [-0.39, 0.29) is 17.6 Å². The van der Waals surface area contributed by atoms with Crippen molar-refractivity contribution < 1.29 is 29.6 Å². The van der Waals surface area contributed by atoms with E-state index < -0.39 is 54.1 Å². The van der Waals surface area contributed by atoms with Crippen LogP contribution in [0.25, 0.3) is 17.0 Å². The van der Waals surface area contributed by atoms with Crippen LogP contribution in [0.4, 0.5) is 0 Å². The van der Waals surface area contributed by atoms with Crippen molar-refractivity contribution in [3.63, 3.8) is 0 Å². The third-order valence-corrected chi connectivity index (χ3v) is 8.40. The molecule has 2 heterocycles. The molecule has 208 valence electrons. The van der Waals surface area contributed by atoms with Gasteiger partial charge < -0.3 is 20.1 Å². The van der Waals surface area contributed by atoms with Crippen molar-refractivity contribution >= 4 is 28.7 Å². The monoisotopic (exact) mass is 525 g/mol. The number of benzene rings is 1. The number of pyridine rings is 1. The van der Waals surface area contributed by atoms with E-state index in [1.54, 1.807) is 33.9 Å². The van der Waals surface area contributed by atoms with E-state index in [2.05, 4.69) is 4.98 Å². The van der Waals surface area contributed by atoms with Gasteiger partial charge >= 0.3 is 5.97 Å². The summed E-state index contributed by atoms with van der Waals surface area (Å²) < 4.78 is 5.87. The molecule has 7 nitrogen and oxygen atoms in total. The first-order valence-corrected chi connectivity index (χ1v) is 13.7. The zero-order valence-electron chi connectivity index (χ0n) is 23.3. The second kappa shape index (κ2) is 13.0. The Balaban J connectivity index is 1.87. The number of rotatable bonds is 3. The maximum Gasteiger partial charge on any atom is 0.311 e. The molecule has 3 N–H and O–H groups in total. The zero-order valence-corrected chi connectivity index (χ0v) is 23.3. The van der Waals surface area contributed by atoms with Crippen molar-refractivity contribution in [2.45, 2.75) is 78.8 Å². The Labute approximate surface area is 225 Å². The zero-order chi connectivity index (χ0) is 28.1. The predicted octanol–water partition coefficient (Wildman–Crippen LogP) is 4.42. The minimum Gasteiger partial charge on any atom is -0.461 e. The molecule has 38 heavy (non-hydrogen) atoms. The Morgan fingerprint density at radius 3 is 2.29 bits per heavy atom. The van der Waals surface area contributed by atoms with Gasteiger partial charge in [-0.2, -0.15) is 0 Å². The van der Waals surface area contributed by atoms with Crippen molar-refractivity contribution in [1.82, 2.24) is 4.98 Å². The van der Waals surface area contributed by atoms with Gasteiger partial charge in [0.25, 0.3) is 0 Å². The normalized spacial score (nSPS) is 36.2. The molecule has 0 radical (unpaired) electrons. The number of carbonyl (C=O) groups is 2. The first-order valence-electron chi connectivity index (χ1n) is 13.7. The number of aliphatic hydroxyl groups excluding tert-OH is 3. The molecule has 1 fully saturated rings. The number of para-hydroxylation sites is 1. The highest BCUT2D eigenvalue weighted by molar-refractivity contribution is 5.83. The number of ketones is 1. The molecule has 1 aliphatic rings. The third kappa shape index (κ3) is 6.87. The number of aliphatic hydroxyl groups is 3. The first kappa shape index (κ1) is 29.9. The Bertz CT molecular complexity index is 1130. The Hall–Kier alpha value is -2.61. The standard InChI is InChI=1S/C31H43NO6/c1-17-14-18(2)28(34)21(5)30(36)22(6)31(37)38-26(19(3)29(35)20(4)27(17)33)13-9-10-23-15-24-11-7-8-12-25(24)32-16-23/h7-12,15-22,26,28-30,34-36H,13-14H2,1-6H3/b10-9+/t17-,18+,19+,20+,21-,22-,26-,28+,29+,30+/m1/s1. The predicted molar refractivity (Wildman–Crippen MR) is 148 cm³/mol. The maximum absolute atomic E-state index is 13.2. The molecule has 7 heteroatoms. The Morgan fingerprint density at radius 2 is 1.58 bits per heavy atom. The summed E-state index contributed by atoms with van der Waals surface area (Å²) in [5, 5.41) is 33.9. The van der Waals surface area contributed by atoms with Gasteiger partial charge in [0.2, 0.25) is 0 Å². The summed E-state index contributed by atoms with van der Waals surface area (Å²) in [6.45, 7) is 10.4. The average Bonchev–Trinajstić information content (AvgIpc) is 2.92.